The van der Waals surface area contributed by atoms with Gasteiger partial charge in [-0.3, -0.25) is 29.3 Å². The smallest absolute Gasteiger partial charge is 0.238 e. The second-order valence-corrected chi connectivity index (χ2v) is 23.1. The number of benzene rings is 1. The third-order valence-corrected chi connectivity index (χ3v) is 18.0. The van der Waals surface area contributed by atoms with Crippen LogP contribution in [0.4, 0.5) is 11.5 Å². The number of pyridine rings is 2. The van der Waals surface area contributed by atoms with Gasteiger partial charge in [0.1, 0.15) is 11.6 Å². The minimum Gasteiger partial charge on any atom is -0.474 e. The van der Waals surface area contributed by atoms with Crippen LogP contribution in [0.3, 0.4) is 0 Å². The molecule has 1 spiro atoms. The van der Waals surface area contributed by atoms with Crippen LogP contribution in [0.25, 0.3) is 22.3 Å². The van der Waals surface area contributed by atoms with E-state index in [0.29, 0.717) is 89.1 Å². The fraction of sp³-hybridized carbons (Fsp3) is 0.607. The number of carbonyl (C=O) groups is 5. The second-order valence-electron chi connectivity index (χ2n) is 23.1. The molecule has 5 amide bonds. The molecule has 2 atom stereocenters. The molecular formula is C56H70N10O6. The van der Waals surface area contributed by atoms with Crippen molar-refractivity contribution in [1.82, 2.24) is 39.5 Å². The molecule has 3 saturated carbocycles. The average molecular weight is 979 g/mol. The van der Waals surface area contributed by atoms with Gasteiger partial charge in [0.2, 0.25) is 35.4 Å². The molecule has 12 rings (SSSR count). The lowest BCUT2D eigenvalue weighted by molar-refractivity contribution is -0.145. The van der Waals surface area contributed by atoms with Crippen molar-refractivity contribution in [3.63, 3.8) is 0 Å². The summed E-state index contributed by atoms with van der Waals surface area (Å²) in [5, 5.41) is 6.11. The maximum Gasteiger partial charge on any atom is 0.238 e. The molecule has 1 unspecified atom stereocenters. The molecule has 16 heteroatoms. The van der Waals surface area contributed by atoms with Crippen LogP contribution in [0.2, 0.25) is 0 Å². The zero-order chi connectivity index (χ0) is 49.5. The number of likely N-dealkylation sites (tertiary alicyclic amines) is 3. The molecule has 2 N–H and O–H groups in total. The van der Waals surface area contributed by atoms with Gasteiger partial charge in [-0.2, -0.15) is 0 Å². The Morgan fingerprint density at radius 2 is 1.60 bits per heavy atom. The number of imide groups is 1. The number of aromatic nitrogens is 4. The van der Waals surface area contributed by atoms with Crippen molar-refractivity contribution < 1.29 is 28.7 Å². The van der Waals surface area contributed by atoms with Gasteiger partial charge in [-0.1, -0.05) is 24.6 Å². The summed E-state index contributed by atoms with van der Waals surface area (Å²) in [5.41, 5.74) is 5.21. The van der Waals surface area contributed by atoms with E-state index in [1.807, 2.05) is 29.1 Å². The van der Waals surface area contributed by atoms with Gasteiger partial charge >= 0.3 is 0 Å². The highest BCUT2D eigenvalue weighted by Crippen LogP contribution is 2.53. The molecule has 0 radical (unpaired) electrons. The largest absolute Gasteiger partial charge is 0.474 e. The maximum absolute atomic E-state index is 15.3. The quantitative estimate of drug-likeness (QED) is 0.145. The molecule has 5 aliphatic heterocycles. The van der Waals surface area contributed by atoms with Crippen LogP contribution in [0.5, 0.6) is 5.88 Å². The maximum atomic E-state index is 15.3. The van der Waals surface area contributed by atoms with Crippen LogP contribution >= 0.6 is 0 Å². The Balaban J connectivity index is 0.708. The summed E-state index contributed by atoms with van der Waals surface area (Å²) in [7, 11) is 0. The third kappa shape index (κ3) is 8.52. The number of ether oxygens (including phenoxy) is 1. The van der Waals surface area contributed by atoms with E-state index in [2.05, 4.69) is 68.1 Å². The molecule has 1 aromatic carbocycles. The lowest BCUT2D eigenvalue weighted by atomic mass is 9.72. The summed E-state index contributed by atoms with van der Waals surface area (Å²) in [6.07, 6.45) is 16.9. The van der Waals surface area contributed by atoms with E-state index in [1.165, 1.54) is 19.3 Å². The molecule has 7 fully saturated rings. The number of nitrogens with zero attached hydrogens (tertiary/aromatic N) is 8. The van der Waals surface area contributed by atoms with Gasteiger partial charge in [0, 0.05) is 86.2 Å². The predicted octanol–water partition coefficient (Wildman–Crippen LogP) is 7.27. The number of carbonyl (C=O) groups excluding carboxylic acids is 5. The number of hydrogen-bond donors (Lipinski definition) is 2. The van der Waals surface area contributed by atoms with Gasteiger partial charge in [-0.15, -0.1) is 0 Å². The van der Waals surface area contributed by atoms with Crippen LogP contribution in [-0.2, 0) is 29.4 Å². The van der Waals surface area contributed by atoms with Crippen molar-refractivity contribution in [2.75, 3.05) is 49.5 Å². The monoisotopic (exact) mass is 979 g/mol. The van der Waals surface area contributed by atoms with Crippen molar-refractivity contribution in [3.05, 3.63) is 60.0 Å². The molecule has 4 aromatic rings. The predicted molar refractivity (Wildman–Crippen MR) is 272 cm³/mol. The van der Waals surface area contributed by atoms with Crippen molar-refractivity contribution in [2.45, 2.75) is 165 Å². The van der Waals surface area contributed by atoms with Crippen LogP contribution in [0.1, 0.15) is 147 Å². The molecule has 8 heterocycles. The zero-order valence-corrected chi connectivity index (χ0v) is 42.2. The molecular weight excluding hydrogens is 909 g/mol. The summed E-state index contributed by atoms with van der Waals surface area (Å²) < 4.78 is 8.42. The molecule has 380 valence electrons. The molecule has 0 bridgehead atoms. The van der Waals surface area contributed by atoms with Gasteiger partial charge in [-0.25, -0.2) is 15.0 Å². The number of nitrogens with one attached hydrogen (secondary N) is 2. The lowest BCUT2D eigenvalue weighted by Gasteiger charge is -2.48. The van der Waals surface area contributed by atoms with E-state index in [-0.39, 0.29) is 53.6 Å². The Morgan fingerprint density at radius 1 is 0.833 bits per heavy atom. The number of fused-ring (bicyclic) bond motifs is 3. The second kappa shape index (κ2) is 18.5. The van der Waals surface area contributed by atoms with E-state index in [9.17, 15) is 19.2 Å². The van der Waals surface area contributed by atoms with E-state index < -0.39 is 16.7 Å². The van der Waals surface area contributed by atoms with Gasteiger partial charge in [0.05, 0.1) is 34.3 Å². The number of piperidine rings is 3. The summed E-state index contributed by atoms with van der Waals surface area (Å²) in [5.74, 6) is 0.691. The first-order valence-electron chi connectivity index (χ1n) is 27.3. The minimum atomic E-state index is -0.705. The summed E-state index contributed by atoms with van der Waals surface area (Å²) in [4.78, 5) is 91.1. The third-order valence-electron chi connectivity index (χ3n) is 18.0. The molecule has 4 saturated heterocycles. The highest BCUT2D eigenvalue weighted by molar-refractivity contribution is 6.09. The lowest BCUT2D eigenvalue weighted by Crippen LogP contribution is -2.59. The Labute approximate surface area is 422 Å². The van der Waals surface area contributed by atoms with Crippen LogP contribution < -0.4 is 20.3 Å². The SMILES string of the molecule is CC(C)n1cnc2cc(-c3ccc4c(c3)N(C3CC(N5CCCCC5)C3)C(=O)C43CCN(C(=O)[C@]4(C)CCN(C(=O)C5CCC(Oc6ccc(C7CCC(=O)NC7=O)cn6)CC5)C4)CC3)nc(NC3CC3)c21. The topological polar surface area (TPSA) is 175 Å². The van der Waals surface area contributed by atoms with Crippen LogP contribution in [0.15, 0.2) is 48.9 Å². The van der Waals surface area contributed by atoms with Gasteiger partial charge in [0.25, 0.3) is 0 Å². The van der Waals surface area contributed by atoms with Gasteiger partial charge in [-0.05, 0) is 147 Å². The summed E-state index contributed by atoms with van der Waals surface area (Å²) >= 11 is 0. The minimum absolute atomic E-state index is 0.0655. The first kappa shape index (κ1) is 47.1. The van der Waals surface area contributed by atoms with Crippen molar-refractivity contribution in [1.29, 1.82) is 0 Å². The van der Waals surface area contributed by atoms with Crippen molar-refractivity contribution in [3.8, 4) is 17.1 Å². The number of hydrogen-bond acceptors (Lipinski definition) is 11. The number of rotatable bonds is 11. The van der Waals surface area contributed by atoms with Crippen molar-refractivity contribution in [2.24, 2.45) is 11.3 Å². The first-order chi connectivity index (χ1) is 34.8. The Hall–Kier alpha value is -5.90. The number of amides is 5. The van der Waals surface area contributed by atoms with Crippen LogP contribution in [0, 0.1) is 11.3 Å². The Morgan fingerprint density at radius 3 is 2.31 bits per heavy atom. The molecule has 3 aliphatic carbocycles. The molecule has 16 nitrogen and oxygen atoms in total. The van der Waals surface area contributed by atoms with E-state index >= 15 is 4.79 Å². The van der Waals surface area contributed by atoms with E-state index in [1.54, 1.807) is 12.3 Å². The summed E-state index contributed by atoms with van der Waals surface area (Å²) in [6, 6.07) is 13.6. The van der Waals surface area contributed by atoms with E-state index in [4.69, 9.17) is 14.7 Å². The fourth-order valence-corrected chi connectivity index (χ4v) is 13.4. The normalized spacial score (nSPS) is 28.6. The Bertz CT molecular complexity index is 2780. The number of anilines is 2. The van der Waals surface area contributed by atoms with Crippen LogP contribution in [-0.4, -0.2) is 127 Å². The van der Waals surface area contributed by atoms with Gasteiger partial charge in [0.15, 0.2) is 5.82 Å². The molecule has 72 heavy (non-hydrogen) atoms. The standard InChI is InChI=1S/C56H70N10O6/c1-34(2)65-33-58-45-30-44(60-50(49(45)65)59-38-11-12-38)36-9-16-43-46(27-36)66(40-28-39(29-40)62-22-5-4-6-23-62)54(71)56(43)20-25-63(26-21-56)53(70)55(3)19-24-64(32-55)52(69)35-7-13-41(14-8-35)72-48-18-10-37(31-57-48)42-15-17-47(67)61-51(42)68/h9-10,16,18,27,30-31,33-35,38-42H,4-8,11-15,17,19-26,28-29,32H2,1-3H3,(H,59,60)(H,61,67,68)/t35?,39?,40?,41?,42?,55-/m1/s1. The number of imidazole rings is 1. The highest BCUT2D eigenvalue weighted by Gasteiger charge is 2.57. The van der Waals surface area contributed by atoms with Gasteiger partial charge < -0.3 is 34.2 Å². The molecule has 3 aromatic heterocycles. The Kier molecular flexibility index (Phi) is 12.1. The highest BCUT2D eigenvalue weighted by atomic mass is 16.5. The first-order valence-corrected chi connectivity index (χ1v) is 27.3. The average Bonchev–Trinajstić information content (AvgIpc) is 3.85. The fourth-order valence-electron chi connectivity index (χ4n) is 13.4. The molecule has 8 aliphatic rings. The zero-order valence-electron chi connectivity index (χ0n) is 42.2. The van der Waals surface area contributed by atoms with E-state index in [0.717, 1.165) is 96.5 Å². The summed E-state index contributed by atoms with van der Waals surface area (Å²) in [6.45, 7) is 10.6. The van der Waals surface area contributed by atoms with Crippen molar-refractivity contribution >= 4 is 52.1 Å².